The molecule has 0 aliphatic rings. The molecule has 4 heteroatoms. The molecule has 1 aromatic carbocycles. The lowest BCUT2D eigenvalue weighted by atomic mass is 10.1. The van der Waals surface area contributed by atoms with Crippen molar-refractivity contribution in [2.75, 3.05) is 52.0 Å². The van der Waals surface area contributed by atoms with E-state index >= 15 is 0 Å². The molecule has 1 aromatic rings. The van der Waals surface area contributed by atoms with Crippen LogP contribution in [0, 0.1) is 6.92 Å². The van der Waals surface area contributed by atoms with Gasteiger partial charge in [0.2, 0.25) is 0 Å². The van der Waals surface area contributed by atoms with Crippen molar-refractivity contribution in [3.8, 4) is 0 Å². The molecular formula is C17H30N2O2. The largest absolute Gasteiger partial charge is 0.383 e. The van der Waals surface area contributed by atoms with Crippen LogP contribution < -0.4 is 10.2 Å². The van der Waals surface area contributed by atoms with Gasteiger partial charge in [0.1, 0.15) is 0 Å². The Hall–Kier alpha value is -1.10. The minimum absolute atomic E-state index is 0.722. The number of rotatable bonds is 11. The average Bonchev–Trinajstić information content (AvgIpc) is 2.49. The number of benzene rings is 1. The lowest BCUT2D eigenvalue weighted by molar-refractivity contribution is 0.190. The van der Waals surface area contributed by atoms with Crippen molar-refractivity contribution in [1.29, 1.82) is 0 Å². The van der Waals surface area contributed by atoms with Crippen molar-refractivity contribution in [2.45, 2.75) is 26.8 Å². The first-order chi connectivity index (χ1) is 10.2. The fourth-order valence-corrected chi connectivity index (χ4v) is 2.32. The second-order valence-electron chi connectivity index (χ2n) is 5.28. The highest BCUT2D eigenvalue weighted by Gasteiger charge is 2.11. The summed E-state index contributed by atoms with van der Waals surface area (Å²) in [6.07, 6.45) is 1.15. The van der Waals surface area contributed by atoms with E-state index in [0.717, 1.165) is 45.8 Å². The van der Waals surface area contributed by atoms with E-state index in [1.54, 1.807) is 14.2 Å². The Morgan fingerprint density at radius 3 is 2.33 bits per heavy atom. The number of hydrogen-bond donors (Lipinski definition) is 1. The summed E-state index contributed by atoms with van der Waals surface area (Å²) < 4.78 is 10.5. The van der Waals surface area contributed by atoms with Gasteiger partial charge in [-0.25, -0.2) is 0 Å². The molecule has 0 spiro atoms. The Balaban J connectivity index is 2.87. The van der Waals surface area contributed by atoms with Crippen LogP contribution in [0.2, 0.25) is 0 Å². The molecule has 0 unspecified atom stereocenters. The number of anilines is 1. The first-order valence-corrected chi connectivity index (χ1v) is 7.76. The van der Waals surface area contributed by atoms with Crippen molar-refractivity contribution >= 4 is 5.69 Å². The summed E-state index contributed by atoms with van der Waals surface area (Å²) in [5.74, 6) is 0. The lowest BCUT2D eigenvalue weighted by Crippen LogP contribution is -2.32. The van der Waals surface area contributed by atoms with Crippen molar-refractivity contribution in [3.05, 3.63) is 29.3 Å². The van der Waals surface area contributed by atoms with Crippen LogP contribution in [0.25, 0.3) is 0 Å². The first-order valence-electron chi connectivity index (χ1n) is 7.76. The summed E-state index contributed by atoms with van der Waals surface area (Å²) in [5, 5.41) is 3.50. The number of hydrogen-bond acceptors (Lipinski definition) is 4. The maximum absolute atomic E-state index is 5.24. The van der Waals surface area contributed by atoms with Gasteiger partial charge in [-0.3, -0.25) is 0 Å². The summed E-state index contributed by atoms with van der Waals surface area (Å²) in [7, 11) is 3.49. The second kappa shape index (κ2) is 10.6. The third kappa shape index (κ3) is 6.46. The number of nitrogens with zero attached hydrogens (tertiary/aromatic N) is 1. The highest BCUT2D eigenvalue weighted by molar-refractivity contribution is 5.55. The topological polar surface area (TPSA) is 33.7 Å². The lowest BCUT2D eigenvalue weighted by Gasteiger charge is -2.27. The van der Waals surface area contributed by atoms with Crippen molar-refractivity contribution in [3.63, 3.8) is 0 Å². The Morgan fingerprint density at radius 2 is 1.76 bits per heavy atom. The molecule has 1 rings (SSSR count). The predicted octanol–water partition coefficient (Wildman–Crippen LogP) is 2.59. The molecule has 0 atom stereocenters. The van der Waals surface area contributed by atoms with Gasteiger partial charge in [0.05, 0.1) is 13.2 Å². The van der Waals surface area contributed by atoms with Gasteiger partial charge < -0.3 is 19.7 Å². The van der Waals surface area contributed by atoms with Crippen LogP contribution in [0.5, 0.6) is 0 Å². The third-order valence-electron chi connectivity index (χ3n) is 3.45. The van der Waals surface area contributed by atoms with Gasteiger partial charge >= 0.3 is 0 Å². The number of methoxy groups -OCH3 is 2. The molecule has 0 heterocycles. The van der Waals surface area contributed by atoms with E-state index in [4.69, 9.17) is 9.47 Å². The van der Waals surface area contributed by atoms with Gasteiger partial charge in [0.25, 0.3) is 0 Å². The summed E-state index contributed by atoms with van der Waals surface area (Å²) in [4.78, 5) is 2.34. The Bertz CT molecular complexity index is 388. The predicted molar refractivity (Wildman–Crippen MR) is 89.1 cm³/mol. The van der Waals surface area contributed by atoms with Crippen LogP contribution in [-0.4, -0.2) is 47.1 Å². The Labute approximate surface area is 129 Å². The molecule has 1 N–H and O–H groups in total. The van der Waals surface area contributed by atoms with Crippen LogP contribution in [-0.2, 0) is 16.0 Å². The Kier molecular flexibility index (Phi) is 9.06. The van der Waals surface area contributed by atoms with Gasteiger partial charge in [-0.05, 0) is 31.5 Å². The molecule has 21 heavy (non-hydrogen) atoms. The number of ether oxygens (including phenoxy) is 2. The highest BCUT2D eigenvalue weighted by Crippen LogP contribution is 2.22. The standard InChI is InChI=1S/C17H30N2O2/c1-5-8-18-14-16-13-15(2)6-7-17(16)19(9-11-20-3)10-12-21-4/h6-7,13,18H,5,8-12,14H2,1-4H3. The van der Waals surface area contributed by atoms with E-state index < -0.39 is 0 Å². The smallest absolute Gasteiger partial charge is 0.0637 e. The van der Waals surface area contributed by atoms with E-state index in [2.05, 4.69) is 42.3 Å². The molecule has 0 fully saturated rings. The quantitative estimate of drug-likeness (QED) is 0.636. The second-order valence-corrected chi connectivity index (χ2v) is 5.28. The van der Waals surface area contributed by atoms with Crippen LogP contribution in [0.15, 0.2) is 18.2 Å². The number of aryl methyl sites for hydroxylation is 1. The third-order valence-corrected chi connectivity index (χ3v) is 3.45. The highest BCUT2D eigenvalue weighted by atomic mass is 16.5. The maximum Gasteiger partial charge on any atom is 0.0637 e. The van der Waals surface area contributed by atoms with E-state index in [0.29, 0.717) is 0 Å². The SMILES string of the molecule is CCCNCc1cc(C)ccc1N(CCOC)CCOC. The molecule has 0 saturated carbocycles. The summed E-state index contributed by atoms with van der Waals surface area (Å²) in [5.41, 5.74) is 3.92. The van der Waals surface area contributed by atoms with Crippen LogP contribution in [0.1, 0.15) is 24.5 Å². The Morgan fingerprint density at radius 1 is 1.10 bits per heavy atom. The maximum atomic E-state index is 5.24. The van der Waals surface area contributed by atoms with Crippen molar-refractivity contribution in [1.82, 2.24) is 5.32 Å². The molecule has 0 amide bonds. The number of nitrogens with one attached hydrogen (secondary N) is 1. The zero-order chi connectivity index (χ0) is 15.5. The van der Waals surface area contributed by atoms with Gasteiger partial charge in [-0.1, -0.05) is 24.6 Å². The molecule has 0 aliphatic heterocycles. The zero-order valence-electron chi connectivity index (χ0n) is 13.9. The van der Waals surface area contributed by atoms with Crippen molar-refractivity contribution < 1.29 is 9.47 Å². The molecular weight excluding hydrogens is 264 g/mol. The molecule has 0 saturated heterocycles. The fourth-order valence-electron chi connectivity index (χ4n) is 2.32. The van der Waals surface area contributed by atoms with Gasteiger partial charge in [0.15, 0.2) is 0 Å². The van der Waals surface area contributed by atoms with E-state index in [9.17, 15) is 0 Å². The zero-order valence-corrected chi connectivity index (χ0v) is 13.9. The van der Waals surface area contributed by atoms with Crippen LogP contribution in [0.4, 0.5) is 5.69 Å². The van der Waals surface area contributed by atoms with Gasteiger partial charge in [-0.15, -0.1) is 0 Å². The summed E-state index contributed by atoms with van der Waals surface area (Å²) >= 11 is 0. The fraction of sp³-hybridized carbons (Fsp3) is 0.647. The van der Waals surface area contributed by atoms with E-state index in [-0.39, 0.29) is 0 Å². The van der Waals surface area contributed by atoms with Crippen LogP contribution >= 0.6 is 0 Å². The summed E-state index contributed by atoms with van der Waals surface area (Å²) in [6.45, 7) is 9.48. The first kappa shape index (κ1) is 18.0. The van der Waals surface area contributed by atoms with E-state index in [1.165, 1.54) is 16.8 Å². The molecule has 4 nitrogen and oxygen atoms in total. The van der Waals surface area contributed by atoms with E-state index in [1.807, 2.05) is 0 Å². The molecule has 0 bridgehead atoms. The molecule has 0 aliphatic carbocycles. The molecule has 120 valence electrons. The molecule has 0 radical (unpaired) electrons. The summed E-state index contributed by atoms with van der Waals surface area (Å²) in [6, 6.07) is 6.65. The molecule has 0 aromatic heterocycles. The van der Waals surface area contributed by atoms with Gasteiger partial charge in [0, 0.05) is 39.5 Å². The van der Waals surface area contributed by atoms with Gasteiger partial charge in [-0.2, -0.15) is 0 Å². The van der Waals surface area contributed by atoms with Crippen molar-refractivity contribution in [2.24, 2.45) is 0 Å². The minimum atomic E-state index is 0.722. The van der Waals surface area contributed by atoms with Crippen LogP contribution in [0.3, 0.4) is 0 Å². The minimum Gasteiger partial charge on any atom is -0.383 e. The monoisotopic (exact) mass is 294 g/mol. The normalized spacial score (nSPS) is 10.9. The average molecular weight is 294 g/mol.